The van der Waals surface area contributed by atoms with Crippen LogP contribution in [-0.4, -0.2) is 37.4 Å². The van der Waals surface area contributed by atoms with E-state index in [2.05, 4.69) is 4.74 Å². The van der Waals surface area contributed by atoms with E-state index in [-0.39, 0.29) is 18.3 Å². The van der Waals surface area contributed by atoms with Crippen LogP contribution < -0.4 is 0 Å². The second-order valence-electron chi connectivity index (χ2n) is 3.97. The van der Waals surface area contributed by atoms with E-state index < -0.39 is 11.9 Å². The quantitative estimate of drug-likeness (QED) is 0.565. The average Bonchev–Trinajstić information content (AvgIpc) is 2.14. The second kappa shape index (κ2) is 2.68. The Labute approximate surface area is 81.3 Å². The predicted octanol–water partition coefficient (Wildman–Crippen LogP) is 0.180. The van der Waals surface area contributed by atoms with Crippen molar-refractivity contribution in [2.45, 2.75) is 43.5 Å². The van der Waals surface area contributed by atoms with Gasteiger partial charge in [-0.2, -0.15) is 0 Å². The third-order valence-electron chi connectivity index (χ3n) is 2.98. The van der Waals surface area contributed by atoms with Gasteiger partial charge in [0.15, 0.2) is 0 Å². The van der Waals surface area contributed by atoms with Gasteiger partial charge in [0.2, 0.25) is 0 Å². The minimum Gasteiger partial charge on any atom is -0.463 e. The fourth-order valence-electron chi connectivity index (χ4n) is 2.47. The molecule has 1 aliphatic carbocycles. The lowest BCUT2D eigenvalue weighted by molar-refractivity contribution is -0.474. The van der Waals surface area contributed by atoms with Crippen molar-refractivity contribution in [1.29, 1.82) is 0 Å². The van der Waals surface area contributed by atoms with Crippen LogP contribution in [0.2, 0.25) is 0 Å². The van der Waals surface area contributed by atoms with Crippen LogP contribution in [-0.2, 0) is 23.7 Å². The summed E-state index contributed by atoms with van der Waals surface area (Å²) in [7, 11) is 1.30. The minimum atomic E-state index is -1.55. The third-order valence-corrected chi connectivity index (χ3v) is 2.98. The number of hydrogen-bond acceptors (Lipinski definition) is 5. The van der Waals surface area contributed by atoms with Crippen molar-refractivity contribution in [2.75, 3.05) is 7.11 Å². The van der Waals surface area contributed by atoms with Crippen molar-refractivity contribution in [3.05, 3.63) is 0 Å². The molecule has 0 radical (unpaired) electrons. The zero-order valence-corrected chi connectivity index (χ0v) is 7.89. The number of rotatable bonds is 1. The van der Waals surface area contributed by atoms with E-state index in [0.717, 1.165) is 19.3 Å². The smallest absolute Gasteiger partial charge is 0.398 e. The van der Waals surface area contributed by atoms with E-state index in [1.54, 1.807) is 0 Å². The topological polar surface area (TPSA) is 54.0 Å². The van der Waals surface area contributed by atoms with E-state index in [1.807, 2.05) is 0 Å². The lowest BCUT2D eigenvalue weighted by Gasteiger charge is -2.53. The van der Waals surface area contributed by atoms with Gasteiger partial charge in [0.25, 0.3) is 0 Å². The first-order valence-corrected chi connectivity index (χ1v) is 4.84. The van der Waals surface area contributed by atoms with Gasteiger partial charge >= 0.3 is 11.9 Å². The Morgan fingerprint density at radius 3 is 1.93 bits per heavy atom. The van der Waals surface area contributed by atoms with Gasteiger partial charge in [0, 0.05) is 19.3 Å². The minimum absolute atomic E-state index is 0.0837. The zero-order valence-electron chi connectivity index (χ0n) is 7.89. The highest BCUT2D eigenvalue weighted by molar-refractivity contribution is 5.76. The van der Waals surface area contributed by atoms with Crippen LogP contribution in [0.25, 0.3) is 0 Å². The number of hydrogen-bond donors (Lipinski definition) is 0. The molecule has 0 aromatic carbocycles. The van der Waals surface area contributed by atoms with Gasteiger partial charge < -0.3 is 18.9 Å². The maximum atomic E-state index is 11.5. The molecule has 0 atom stereocenters. The second-order valence-corrected chi connectivity index (χ2v) is 3.97. The summed E-state index contributed by atoms with van der Waals surface area (Å²) in [4.78, 5) is 11.5. The van der Waals surface area contributed by atoms with E-state index in [9.17, 15) is 4.79 Å². The van der Waals surface area contributed by atoms with Crippen LogP contribution in [0.15, 0.2) is 0 Å². The van der Waals surface area contributed by atoms with Crippen molar-refractivity contribution in [3.63, 3.8) is 0 Å². The highest BCUT2D eigenvalue weighted by atomic mass is 16.9. The standard InChI is InChI=1S/C9H12O5/c1-11-8(10)9-12-5-2-6(13-9)4-7(3-5)14-9/h5-7H,2-4H2,1H3. The lowest BCUT2D eigenvalue weighted by Crippen LogP contribution is -2.65. The van der Waals surface area contributed by atoms with E-state index in [1.165, 1.54) is 7.11 Å². The normalized spacial score (nSPS) is 49.4. The van der Waals surface area contributed by atoms with Gasteiger partial charge in [-0.15, -0.1) is 0 Å². The molecule has 0 aromatic rings. The van der Waals surface area contributed by atoms with E-state index in [0.29, 0.717) is 0 Å². The van der Waals surface area contributed by atoms with Gasteiger partial charge in [0.05, 0.1) is 25.4 Å². The van der Waals surface area contributed by atoms with Gasteiger partial charge in [-0.1, -0.05) is 0 Å². The molecule has 3 saturated heterocycles. The first-order valence-electron chi connectivity index (χ1n) is 4.84. The maximum absolute atomic E-state index is 11.5. The Balaban J connectivity index is 1.91. The van der Waals surface area contributed by atoms with E-state index >= 15 is 0 Å². The number of esters is 1. The van der Waals surface area contributed by atoms with Gasteiger partial charge in [-0.25, -0.2) is 4.79 Å². The molecule has 4 bridgehead atoms. The van der Waals surface area contributed by atoms with Crippen molar-refractivity contribution in [1.82, 2.24) is 0 Å². The number of carbonyl (C=O) groups excluding carboxylic acids is 1. The van der Waals surface area contributed by atoms with Crippen molar-refractivity contribution >= 4 is 5.97 Å². The molecule has 4 fully saturated rings. The summed E-state index contributed by atoms with van der Waals surface area (Å²) < 4.78 is 21.0. The van der Waals surface area contributed by atoms with Gasteiger partial charge in [-0.3, -0.25) is 0 Å². The summed E-state index contributed by atoms with van der Waals surface area (Å²) >= 11 is 0. The summed E-state index contributed by atoms with van der Waals surface area (Å²) in [5.41, 5.74) is 0. The summed E-state index contributed by atoms with van der Waals surface area (Å²) in [6, 6.07) is 0. The molecule has 0 unspecified atom stereocenters. The van der Waals surface area contributed by atoms with Crippen molar-refractivity contribution in [3.8, 4) is 0 Å². The van der Waals surface area contributed by atoms with Crippen LogP contribution in [0.5, 0.6) is 0 Å². The number of ether oxygens (including phenoxy) is 4. The molecule has 3 heterocycles. The predicted molar refractivity (Wildman–Crippen MR) is 43.2 cm³/mol. The fourth-order valence-corrected chi connectivity index (χ4v) is 2.47. The highest BCUT2D eigenvalue weighted by Gasteiger charge is 2.60. The molecule has 5 nitrogen and oxygen atoms in total. The molecule has 5 heteroatoms. The van der Waals surface area contributed by atoms with Crippen LogP contribution in [0.3, 0.4) is 0 Å². The first kappa shape index (κ1) is 8.64. The van der Waals surface area contributed by atoms with Crippen molar-refractivity contribution in [2.24, 2.45) is 0 Å². The maximum Gasteiger partial charge on any atom is 0.398 e. The molecule has 0 N–H and O–H groups in total. The third kappa shape index (κ3) is 1.03. The lowest BCUT2D eigenvalue weighted by atomic mass is 9.89. The highest BCUT2D eigenvalue weighted by Crippen LogP contribution is 2.45. The Bertz CT molecular complexity index is 239. The number of methoxy groups -OCH3 is 1. The molecule has 1 saturated carbocycles. The summed E-state index contributed by atoms with van der Waals surface area (Å²) in [6.07, 6.45) is 2.83. The molecule has 4 aliphatic rings. The molecule has 0 amide bonds. The Hall–Kier alpha value is -0.650. The van der Waals surface area contributed by atoms with Crippen LogP contribution in [0, 0.1) is 0 Å². The Morgan fingerprint density at radius 2 is 1.57 bits per heavy atom. The van der Waals surface area contributed by atoms with E-state index in [4.69, 9.17) is 14.2 Å². The Morgan fingerprint density at radius 1 is 1.14 bits per heavy atom. The molecule has 78 valence electrons. The van der Waals surface area contributed by atoms with Crippen molar-refractivity contribution < 1.29 is 23.7 Å². The number of carbonyl (C=O) groups is 1. The molecular weight excluding hydrogens is 188 g/mol. The molecule has 3 aliphatic heterocycles. The molecule has 14 heavy (non-hydrogen) atoms. The average molecular weight is 200 g/mol. The summed E-state index contributed by atoms with van der Waals surface area (Å²) in [5, 5.41) is 0. The summed E-state index contributed by atoms with van der Waals surface area (Å²) in [5.74, 6) is -2.14. The monoisotopic (exact) mass is 200 g/mol. The SMILES string of the molecule is COC(=O)C12OC3CC(CC(C3)O1)O2. The van der Waals surface area contributed by atoms with Gasteiger partial charge in [0.1, 0.15) is 0 Å². The first-order chi connectivity index (χ1) is 6.72. The Kier molecular flexibility index (Phi) is 1.66. The fraction of sp³-hybridized carbons (Fsp3) is 0.889. The van der Waals surface area contributed by atoms with Crippen LogP contribution >= 0.6 is 0 Å². The van der Waals surface area contributed by atoms with Gasteiger partial charge in [-0.05, 0) is 0 Å². The largest absolute Gasteiger partial charge is 0.463 e. The summed E-state index contributed by atoms with van der Waals surface area (Å²) in [6.45, 7) is 0. The van der Waals surface area contributed by atoms with Crippen LogP contribution in [0.4, 0.5) is 0 Å². The molecule has 4 rings (SSSR count). The molecular formula is C9H12O5. The zero-order chi connectivity index (χ0) is 9.76. The van der Waals surface area contributed by atoms with Crippen LogP contribution in [0.1, 0.15) is 19.3 Å². The molecule has 0 aromatic heterocycles. The molecule has 0 spiro atoms.